The lowest BCUT2D eigenvalue weighted by Gasteiger charge is -2.16. The Kier molecular flexibility index (Phi) is 6.81. The zero-order valence-corrected chi connectivity index (χ0v) is 16.7. The van der Waals surface area contributed by atoms with Gasteiger partial charge >= 0.3 is 0 Å². The predicted octanol–water partition coefficient (Wildman–Crippen LogP) is 2.53. The van der Waals surface area contributed by atoms with Gasteiger partial charge < -0.3 is 14.8 Å². The Morgan fingerprint density at radius 1 is 1.04 bits per heavy atom. The average Bonchev–Trinajstić information content (AvgIpc) is 2.66. The largest absolute Gasteiger partial charge is 0.496 e. The van der Waals surface area contributed by atoms with Crippen molar-refractivity contribution in [2.24, 2.45) is 0 Å². The third-order valence-electron chi connectivity index (χ3n) is 4.02. The van der Waals surface area contributed by atoms with Crippen LogP contribution >= 0.6 is 0 Å². The number of hydrogen-bond acceptors (Lipinski definition) is 5. The number of sulfonamides is 1. The van der Waals surface area contributed by atoms with Crippen molar-refractivity contribution in [2.75, 3.05) is 33.6 Å². The number of carbonyl (C=O) groups is 1. The number of para-hydroxylation sites is 1. The average molecular weight is 392 g/mol. The number of amides is 1. The second-order valence-corrected chi connectivity index (χ2v) is 8.13. The van der Waals surface area contributed by atoms with Gasteiger partial charge in [-0.3, -0.25) is 4.79 Å². The third-order valence-corrected chi connectivity index (χ3v) is 5.86. The standard InChI is InChI=1S/C19H24N2O5S/c1-21(2)27(23,24)18-13-15(10-11-17(18)26-4)20-19(22)12-9-14-7-5-6-8-16(14)25-3/h5-8,10-11,13H,9,12H2,1-4H3,(H,20,22). The quantitative estimate of drug-likeness (QED) is 0.746. The fourth-order valence-electron chi connectivity index (χ4n) is 2.53. The first-order valence-electron chi connectivity index (χ1n) is 8.32. The minimum Gasteiger partial charge on any atom is -0.496 e. The summed E-state index contributed by atoms with van der Waals surface area (Å²) < 4.78 is 36.4. The van der Waals surface area contributed by atoms with Crippen molar-refractivity contribution in [2.45, 2.75) is 17.7 Å². The molecule has 0 saturated carbocycles. The molecular formula is C19H24N2O5S. The van der Waals surface area contributed by atoms with E-state index in [0.717, 1.165) is 15.6 Å². The van der Waals surface area contributed by atoms with Gasteiger partial charge in [-0.1, -0.05) is 18.2 Å². The van der Waals surface area contributed by atoms with Crippen LogP contribution in [0.15, 0.2) is 47.4 Å². The molecule has 2 aromatic carbocycles. The first-order valence-corrected chi connectivity index (χ1v) is 9.76. The maximum absolute atomic E-state index is 12.5. The smallest absolute Gasteiger partial charge is 0.246 e. The summed E-state index contributed by atoms with van der Waals surface area (Å²) in [5, 5.41) is 2.73. The number of carbonyl (C=O) groups excluding carboxylic acids is 1. The lowest BCUT2D eigenvalue weighted by Crippen LogP contribution is -2.23. The van der Waals surface area contributed by atoms with Crippen molar-refractivity contribution >= 4 is 21.6 Å². The van der Waals surface area contributed by atoms with Crippen LogP contribution in [-0.4, -0.2) is 46.9 Å². The highest BCUT2D eigenvalue weighted by atomic mass is 32.2. The number of aryl methyl sites for hydroxylation is 1. The van der Waals surface area contributed by atoms with E-state index in [0.29, 0.717) is 12.1 Å². The Morgan fingerprint density at radius 2 is 1.70 bits per heavy atom. The molecule has 27 heavy (non-hydrogen) atoms. The van der Waals surface area contributed by atoms with Crippen LogP contribution in [0.3, 0.4) is 0 Å². The molecule has 0 aliphatic rings. The van der Waals surface area contributed by atoms with Crippen LogP contribution in [0, 0.1) is 0 Å². The summed E-state index contributed by atoms with van der Waals surface area (Å²) in [6, 6.07) is 12.0. The van der Waals surface area contributed by atoms with Crippen molar-refractivity contribution in [3.8, 4) is 11.5 Å². The first kappa shape index (κ1) is 20.7. The van der Waals surface area contributed by atoms with Crippen molar-refractivity contribution in [3.63, 3.8) is 0 Å². The van der Waals surface area contributed by atoms with Crippen LogP contribution < -0.4 is 14.8 Å². The lowest BCUT2D eigenvalue weighted by molar-refractivity contribution is -0.116. The van der Waals surface area contributed by atoms with Gasteiger partial charge in [0.2, 0.25) is 15.9 Å². The molecule has 0 aliphatic carbocycles. The number of hydrogen-bond donors (Lipinski definition) is 1. The van der Waals surface area contributed by atoms with Crippen molar-refractivity contribution in [3.05, 3.63) is 48.0 Å². The van der Waals surface area contributed by atoms with Gasteiger partial charge in [0.05, 0.1) is 14.2 Å². The maximum Gasteiger partial charge on any atom is 0.246 e. The van der Waals surface area contributed by atoms with Crippen LogP contribution in [-0.2, 0) is 21.2 Å². The van der Waals surface area contributed by atoms with Crippen molar-refractivity contribution in [1.29, 1.82) is 0 Å². The van der Waals surface area contributed by atoms with Crippen LogP contribution in [0.1, 0.15) is 12.0 Å². The van der Waals surface area contributed by atoms with Crippen LogP contribution in [0.2, 0.25) is 0 Å². The Bertz CT molecular complexity index is 910. The van der Waals surface area contributed by atoms with E-state index < -0.39 is 10.0 Å². The van der Waals surface area contributed by atoms with Gasteiger partial charge in [0.25, 0.3) is 0 Å². The summed E-state index contributed by atoms with van der Waals surface area (Å²) in [5.74, 6) is 0.726. The fraction of sp³-hybridized carbons (Fsp3) is 0.316. The minimum atomic E-state index is -3.70. The highest BCUT2D eigenvalue weighted by Gasteiger charge is 2.23. The molecule has 0 bridgehead atoms. The Morgan fingerprint density at radius 3 is 2.33 bits per heavy atom. The molecule has 0 aromatic heterocycles. The monoisotopic (exact) mass is 392 g/mol. The van der Waals surface area contributed by atoms with E-state index in [1.165, 1.54) is 33.3 Å². The number of ether oxygens (including phenoxy) is 2. The maximum atomic E-state index is 12.5. The molecule has 1 N–H and O–H groups in total. The summed E-state index contributed by atoms with van der Waals surface area (Å²) in [4.78, 5) is 12.3. The summed E-state index contributed by atoms with van der Waals surface area (Å²) in [5.41, 5.74) is 1.32. The van der Waals surface area contributed by atoms with E-state index in [9.17, 15) is 13.2 Å². The van der Waals surface area contributed by atoms with E-state index in [-0.39, 0.29) is 23.0 Å². The summed E-state index contributed by atoms with van der Waals surface area (Å²) in [7, 11) is 2.16. The van der Waals surface area contributed by atoms with Crippen molar-refractivity contribution in [1.82, 2.24) is 4.31 Å². The molecule has 0 fully saturated rings. The molecular weight excluding hydrogens is 368 g/mol. The van der Waals surface area contributed by atoms with Gasteiger partial charge in [0.1, 0.15) is 16.4 Å². The van der Waals surface area contributed by atoms with Crippen LogP contribution in [0.5, 0.6) is 11.5 Å². The highest BCUT2D eigenvalue weighted by molar-refractivity contribution is 7.89. The van der Waals surface area contributed by atoms with E-state index in [1.807, 2.05) is 24.3 Å². The molecule has 0 heterocycles. The molecule has 146 valence electrons. The van der Waals surface area contributed by atoms with Gasteiger partial charge in [-0.15, -0.1) is 0 Å². The van der Waals surface area contributed by atoms with Crippen LogP contribution in [0.4, 0.5) is 5.69 Å². The zero-order chi connectivity index (χ0) is 20.0. The second kappa shape index (κ2) is 8.88. The molecule has 8 heteroatoms. The van der Waals surface area contributed by atoms with Gasteiger partial charge in [-0.2, -0.15) is 0 Å². The molecule has 0 atom stereocenters. The number of benzene rings is 2. The molecule has 0 saturated heterocycles. The van der Waals surface area contributed by atoms with Gasteiger partial charge in [-0.05, 0) is 36.2 Å². The Balaban J connectivity index is 2.14. The highest BCUT2D eigenvalue weighted by Crippen LogP contribution is 2.29. The van der Waals surface area contributed by atoms with E-state index in [2.05, 4.69) is 5.32 Å². The normalized spacial score (nSPS) is 11.3. The fourth-order valence-corrected chi connectivity index (χ4v) is 3.61. The zero-order valence-electron chi connectivity index (χ0n) is 15.9. The van der Waals surface area contributed by atoms with Gasteiger partial charge in [0.15, 0.2) is 0 Å². The molecule has 2 rings (SSSR count). The lowest BCUT2D eigenvalue weighted by atomic mass is 10.1. The van der Waals surface area contributed by atoms with E-state index in [4.69, 9.17) is 9.47 Å². The second-order valence-electron chi connectivity index (χ2n) is 6.01. The number of nitrogens with zero attached hydrogens (tertiary/aromatic N) is 1. The molecule has 0 radical (unpaired) electrons. The van der Waals surface area contributed by atoms with Crippen LogP contribution in [0.25, 0.3) is 0 Å². The Labute approximate surface area is 160 Å². The molecule has 1 amide bonds. The van der Waals surface area contributed by atoms with E-state index in [1.54, 1.807) is 13.2 Å². The molecule has 0 spiro atoms. The third kappa shape index (κ3) is 4.99. The summed E-state index contributed by atoms with van der Waals surface area (Å²) in [6.07, 6.45) is 0.747. The van der Waals surface area contributed by atoms with Gasteiger partial charge in [-0.25, -0.2) is 12.7 Å². The molecule has 7 nitrogen and oxygen atoms in total. The van der Waals surface area contributed by atoms with Gasteiger partial charge in [0, 0.05) is 26.2 Å². The SMILES string of the molecule is COc1ccccc1CCC(=O)Nc1ccc(OC)c(S(=O)(=O)N(C)C)c1. The molecule has 2 aromatic rings. The number of anilines is 1. The number of methoxy groups -OCH3 is 2. The number of nitrogens with one attached hydrogen (secondary N) is 1. The summed E-state index contributed by atoms with van der Waals surface area (Å²) >= 11 is 0. The molecule has 0 unspecified atom stereocenters. The van der Waals surface area contributed by atoms with Crippen molar-refractivity contribution < 1.29 is 22.7 Å². The Hall–Kier alpha value is -2.58. The predicted molar refractivity (Wildman–Crippen MR) is 104 cm³/mol. The summed E-state index contributed by atoms with van der Waals surface area (Å²) in [6.45, 7) is 0. The topological polar surface area (TPSA) is 84.9 Å². The number of rotatable bonds is 8. The first-order chi connectivity index (χ1) is 12.8. The molecule has 0 aliphatic heterocycles. The van der Waals surface area contributed by atoms with E-state index >= 15 is 0 Å². The minimum absolute atomic E-state index is 0.00229.